The van der Waals surface area contributed by atoms with Gasteiger partial charge in [0.05, 0.1) is 17.3 Å². The van der Waals surface area contributed by atoms with Gasteiger partial charge >= 0.3 is 0 Å². The van der Waals surface area contributed by atoms with Crippen molar-refractivity contribution in [3.63, 3.8) is 0 Å². The van der Waals surface area contributed by atoms with Gasteiger partial charge in [-0.15, -0.1) is 0 Å². The number of pyridine rings is 1. The smallest absolute Gasteiger partial charge is 0.300 e. The van der Waals surface area contributed by atoms with E-state index in [9.17, 15) is 23.5 Å². The Bertz CT molecular complexity index is 1130. The Balaban J connectivity index is 1.98. The number of benzene rings is 2. The molecule has 29 heavy (non-hydrogen) atoms. The maximum atomic E-state index is 14.5. The molecule has 1 amide bonds. The van der Waals surface area contributed by atoms with E-state index in [-0.39, 0.29) is 11.3 Å². The van der Waals surface area contributed by atoms with Crippen LogP contribution in [0.2, 0.25) is 0 Å². The molecule has 0 aliphatic carbocycles. The molecule has 4 rings (SSSR count). The number of aliphatic hydroxyl groups is 1. The van der Waals surface area contributed by atoms with Crippen molar-refractivity contribution in [1.29, 1.82) is 0 Å². The Morgan fingerprint density at radius 1 is 0.966 bits per heavy atom. The fourth-order valence-electron chi connectivity index (χ4n) is 3.36. The molecule has 7 heteroatoms. The molecular formula is C22H14F2N2O3. The van der Waals surface area contributed by atoms with Crippen molar-refractivity contribution in [1.82, 2.24) is 4.98 Å². The predicted molar refractivity (Wildman–Crippen MR) is 102 cm³/mol. The van der Waals surface area contributed by atoms with Gasteiger partial charge in [0.2, 0.25) is 0 Å². The Morgan fingerprint density at radius 2 is 1.66 bits per heavy atom. The Morgan fingerprint density at radius 3 is 2.34 bits per heavy atom. The van der Waals surface area contributed by atoms with E-state index >= 15 is 0 Å². The van der Waals surface area contributed by atoms with Gasteiger partial charge in [-0.05, 0) is 29.8 Å². The first-order valence-corrected chi connectivity index (χ1v) is 8.70. The average molecular weight is 392 g/mol. The number of Topliss-reactive ketones (excluding diaryl/α,β-unsaturated/α-hetero) is 1. The monoisotopic (exact) mass is 392 g/mol. The van der Waals surface area contributed by atoms with Crippen molar-refractivity contribution < 1.29 is 23.5 Å². The number of hydrogen-bond acceptors (Lipinski definition) is 4. The van der Waals surface area contributed by atoms with Crippen molar-refractivity contribution >= 4 is 23.1 Å². The number of halogens is 2. The van der Waals surface area contributed by atoms with Gasteiger partial charge in [-0.3, -0.25) is 19.5 Å². The summed E-state index contributed by atoms with van der Waals surface area (Å²) in [5.74, 6) is -4.08. The summed E-state index contributed by atoms with van der Waals surface area (Å²) in [6, 6.07) is 12.8. The van der Waals surface area contributed by atoms with Crippen molar-refractivity contribution in [2.24, 2.45) is 0 Å². The van der Waals surface area contributed by atoms with E-state index in [2.05, 4.69) is 4.98 Å². The Labute approximate surface area is 164 Å². The van der Waals surface area contributed by atoms with Crippen molar-refractivity contribution in [2.45, 2.75) is 6.04 Å². The minimum atomic E-state index is -1.14. The highest BCUT2D eigenvalue weighted by Gasteiger charge is 2.47. The molecule has 144 valence electrons. The molecule has 0 radical (unpaired) electrons. The summed E-state index contributed by atoms with van der Waals surface area (Å²) < 4.78 is 28.3. The first kappa shape index (κ1) is 18.5. The lowest BCUT2D eigenvalue weighted by molar-refractivity contribution is -0.132. The molecule has 1 N–H and O–H groups in total. The number of aromatic nitrogens is 1. The van der Waals surface area contributed by atoms with Crippen molar-refractivity contribution in [2.75, 3.05) is 4.90 Å². The van der Waals surface area contributed by atoms with Crippen LogP contribution in [0.5, 0.6) is 0 Å². The number of anilines is 1. The average Bonchev–Trinajstić information content (AvgIpc) is 3.01. The zero-order chi connectivity index (χ0) is 20.5. The van der Waals surface area contributed by atoms with Crippen LogP contribution in [0.25, 0.3) is 5.76 Å². The van der Waals surface area contributed by atoms with E-state index in [0.29, 0.717) is 11.1 Å². The summed E-state index contributed by atoms with van der Waals surface area (Å²) in [4.78, 5) is 30.4. The fourth-order valence-corrected chi connectivity index (χ4v) is 3.36. The number of nitrogens with zero attached hydrogens (tertiary/aromatic N) is 2. The fraction of sp³-hybridized carbons (Fsp3) is 0.0455. The summed E-state index contributed by atoms with van der Waals surface area (Å²) in [6.45, 7) is 0. The van der Waals surface area contributed by atoms with Crippen LogP contribution >= 0.6 is 0 Å². The minimum Gasteiger partial charge on any atom is -0.507 e. The topological polar surface area (TPSA) is 70.5 Å². The van der Waals surface area contributed by atoms with Crippen LogP contribution in [0.3, 0.4) is 0 Å². The van der Waals surface area contributed by atoms with Gasteiger partial charge in [-0.2, -0.15) is 0 Å². The molecule has 1 saturated heterocycles. The van der Waals surface area contributed by atoms with E-state index in [1.807, 2.05) is 0 Å². The first-order valence-electron chi connectivity index (χ1n) is 8.70. The highest BCUT2D eigenvalue weighted by molar-refractivity contribution is 6.51. The van der Waals surface area contributed by atoms with E-state index in [0.717, 1.165) is 23.1 Å². The van der Waals surface area contributed by atoms with Crippen LogP contribution < -0.4 is 4.90 Å². The van der Waals surface area contributed by atoms with Crippen LogP contribution in [-0.4, -0.2) is 21.8 Å². The van der Waals surface area contributed by atoms with Crippen LogP contribution in [0.1, 0.15) is 17.2 Å². The lowest BCUT2D eigenvalue weighted by Gasteiger charge is -2.25. The molecule has 5 nitrogen and oxygen atoms in total. The van der Waals surface area contributed by atoms with E-state index < -0.39 is 35.1 Å². The predicted octanol–water partition coefficient (Wildman–Crippen LogP) is 3.99. The molecule has 1 aliphatic rings. The van der Waals surface area contributed by atoms with E-state index in [1.54, 1.807) is 42.5 Å². The van der Waals surface area contributed by atoms with Gasteiger partial charge in [0.1, 0.15) is 17.4 Å². The molecule has 1 atom stereocenters. The Hall–Kier alpha value is -3.87. The summed E-state index contributed by atoms with van der Waals surface area (Å²) in [5, 5.41) is 10.8. The third kappa shape index (κ3) is 3.16. The standard InChI is InChI=1S/C22H14F2N2O3/c23-15-6-7-16(24)17(12-15)26-19(13-8-10-25-11-9-13)18(21(28)22(26)29)20(27)14-4-2-1-3-5-14/h1-12,19,27H/b20-18+. The number of carbonyl (C=O) groups excluding carboxylic acids is 2. The maximum absolute atomic E-state index is 14.5. The molecule has 3 aromatic rings. The van der Waals surface area contributed by atoms with Crippen LogP contribution in [-0.2, 0) is 9.59 Å². The van der Waals surface area contributed by atoms with Crippen molar-refractivity contribution in [3.05, 3.63) is 101 Å². The number of aliphatic hydroxyl groups excluding tert-OH is 1. The van der Waals surface area contributed by atoms with Gasteiger partial charge in [0, 0.05) is 24.0 Å². The minimum absolute atomic E-state index is 0.212. The van der Waals surface area contributed by atoms with Gasteiger partial charge in [-0.1, -0.05) is 30.3 Å². The number of amides is 1. The number of rotatable bonds is 3. The number of hydrogen-bond donors (Lipinski definition) is 1. The molecular weight excluding hydrogens is 378 g/mol. The third-order valence-corrected chi connectivity index (χ3v) is 4.68. The molecule has 0 spiro atoms. The molecule has 1 unspecified atom stereocenters. The van der Waals surface area contributed by atoms with Gasteiger partial charge in [0.25, 0.3) is 11.7 Å². The highest BCUT2D eigenvalue weighted by atomic mass is 19.1. The SMILES string of the molecule is O=C1C(=O)N(c2cc(F)ccc2F)C(c2ccncc2)/C1=C(\O)c1ccccc1. The zero-order valence-corrected chi connectivity index (χ0v) is 14.9. The normalized spacial score (nSPS) is 18.3. The van der Waals surface area contributed by atoms with Gasteiger partial charge < -0.3 is 5.11 Å². The quantitative estimate of drug-likeness (QED) is 0.416. The lowest BCUT2D eigenvalue weighted by Crippen LogP contribution is -2.30. The molecule has 1 aromatic heterocycles. The van der Waals surface area contributed by atoms with Gasteiger partial charge in [-0.25, -0.2) is 8.78 Å². The zero-order valence-electron chi connectivity index (χ0n) is 14.9. The first-order chi connectivity index (χ1) is 14.0. The van der Waals surface area contributed by atoms with Crippen molar-refractivity contribution in [3.8, 4) is 0 Å². The summed E-state index contributed by atoms with van der Waals surface area (Å²) in [7, 11) is 0. The second-order valence-corrected chi connectivity index (χ2v) is 6.41. The molecule has 1 fully saturated rings. The van der Waals surface area contributed by atoms with Gasteiger partial charge in [0.15, 0.2) is 0 Å². The molecule has 2 heterocycles. The third-order valence-electron chi connectivity index (χ3n) is 4.68. The second-order valence-electron chi connectivity index (χ2n) is 6.41. The molecule has 2 aromatic carbocycles. The summed E-state index contributed by atoms with van der Waals surface area (Å²) >= 11 is 0. The summed E-state index contributed by atoms with van der Waals surface area (Å²) in [6.07, 6.45) is 2.89. The molecule has 0 bridgehead atoms. The Kier molecular flexibility index (Phi) is 4.64. The maximum Gasteiger partial charge on any atom is 0.300 e. The lowest BCUT2D eigenvalue weighted by atomic mass is 9.96. The molecule has 1 aliphatic heterocycles. The second kappa shape index (κ2) is 7.27. The highest BCUT2D eigenvalue weighted by Crippen LogP contribution is 2.42. The summed E-state index contributed by atoms with van der Waals surface area (Å²) in [5.41, 5.74) is 0.140. The van der Waals surface area contributed by atoms with Crippen LogP contribution in [0.15, 0.2) is 78.6 Å². The van der Waals surface area contributed by atoms with Crippen LogP contribution in [0.4, 0.5) is 14.5 Å². The number of ketones is 1. The largest absolute Gasteiger partial charge is 0.507 e. The van der Waals surface area contributed by atoms with E-state index in [1.165, 1.54) is 12.4 Å². The number of carbonyl (C=O) groups is 2. The van der Waals surface area contributed by atoms with Crippen LogP contribution in [0, 0.1) is 11.6 Å². The van der Waals surface area contributed by atoms with E-state index in [4.69, 9.17) is 0 Å². The molecule has 0 saturated carbocycles.